The van der Waals surface area contributed by atoms with Crippen molar-refractivity contribution in [3.63, 3.8) is 0 Å². The van der Waals surface area contributed by atoms with Crippen molar-refractivity contribution in [2.24, 2.45) is 7.05 Å². The quantitative estimate of drug-likeness (QED) is 0.652. The normalized spacial score (nSPS) is 10.6. The molecule has 0 aliphatic heterocycles. The van der Waals surface area contributed by atoms with Crippen molar-refractivity contribution in [3.8, 4) is 29.2 Å². The van der Waals surface area contributed by atoms with Crippen molar-refractivity contribution in [1.82, 2.24) is 19.4 Å². The second kappa shape index (κ2) is 4.18. The van der Waals surface area contributed by atoms with E-state index in [4.69, 9.17) is 11.2 Å². The molecule has 0 spiro atoms. The largest absolute Gasteiger partial charge is 0.494 e. The molecule has 0 aliphatic carbocycles. The number of ether oxygens (including phenoxy) is 1. The molecule has 5 heteroatoms. The van der Waals surface area contributed by atoms with E-state index < -0.39 is 0 Å². The van der Waals surface area contributed by atoms with Crippen LogP contribution in [0.2, 0.25) is 0 Å². The van der Waals surface area contributed by atoms with Crippen molar-refractivity contribution in [1.29, 1.82) is 0 Å². The van der Waals surface area contributed by atoms with Gasteiger partial charge in [0.05, 0.1) is 25.1 Å². The fraction of sp³-hybridized carbons (Fsp3) is 0.143. The standard InChI is InChI=1S/C14H12N4O/c1-4-10-6-16-18-9-11(5-13(19-3)14(10)18)12-7-15-17(2)8-12/h1,5-9H,2-3H3. The first-order chi connectivity index (χ1) is 9.22. The number of aryl methyl sites for hydroxylation is 1. The monoisotopic (exact) mass is 252 g/mol. The number of nitrogens with zero attached hydrogens (tertiary/aromatic N) is 4. The Bertz CT molecular complexity index is 791. The number of hydrogen-bond acceptors (Lipinski definition) is 3. The van der Waals surface area contributed by atoms with Crippen LogP contribution in [0.3, 0.4) is 0 Å². The highest BCUT2D eigenvalue weighted by molar-refractivity contribution is 5.75. The zero-order valence-electron chi connectivity index (χ0n) is 10.7. The van der Waals surface area contributed by atoms with E-state index in [1.54, 1.807) is 28.7 Å². The number of aromatic nitrogens is 4. The van der Waals surface area contributed by atoms with Gasteiger partial charge in [-0.2, -0.15) is 10.2 Å². The summed E-state index contributed by atoms with van der Waals surface area (Å²) >= 11 is 0. The number of pyridine rings is 1. The number of hydrogen-bond donors (Lipinski definition) is 0. The van der Waals surface area contributed by atoms with Crippen LogP contribution in [0.5, 0.6) is 5.75 Å². The molecule has 0 fully saturated rings. The Morgan fingerprint density at radius 1 is 1.21 bits per heavy atom. The second-order valence-corrected chi connectivity index (χ2v) is 4.20. The van der Waals surface area contributed by atoms with Crippen LogP contribution < -0.4 is 4.74 Å². The predicted octanol–water partition coefficient (Wildman–Crippen LogP) is 1.72. The average molecular weight is 252 g/mol. The highest BCUT2D eigenvalue weighted by Gasteiger charge is 2.12. The van der Waals surface area contributed by atoms with Gasteiger partial charge in [0.25, 0.3) is 0 Å². The lowest BCUT2D eigenvalue weighted by molar-refractivity contribution is 0.417. The summed E-state index contributed by atoms with van der Waals surface area (Å²) in [5.74, 6) is 3.31. The smallest absolute Gasteiger partial charge is 0.146 e. The Hall–Kier alpha value is -2.74. The van der Waals surface area contributed by atoms with E-state index in [0.29, 0.717) is 5.75 Å². The molecule has 0 atom stereocenters. The maximum absolute atomic E-state index is 5.46. The summed E-state index contributed by atoms with van der Waals surface area (Å²) in [4.78, 5) is 0. The van der Waals surface area contributed by atoms with Gasteiger partial charge in [0.15, 0.2) is 0 Å². The van der Waals surface area contributed by atoms with Crippen LogP contribution in [0.4, 0.5) is 0 Å². The average Bonchev–Trinajstić information content (AvgIpc) is 3.03. The molecule has 0 aliphatic rings. The molecule has 3 rings (SSSR count). The molecule has 0 unspecified atom stereocenters. The highest BCUT2D eigenvalue weighted by Crippen LogP contribution is 2.29. The van der Waals surface area contributed by atoms with Gasteiger partial charge in [-0.25, -0.2) is 4.52 Å². The SMILES string of the molecule is C#Cc1cnn2cc(-c3cnn(C)c3)cc(OC)c12. The molecule has 0 aromatic carbocycles. The number of rotatable bonds is 2. The van der Waals surface area contributed by atoms with Gasteiger partial charge in [-0.05, 0) is 6.07 Å². The van der Waals surface area contributed by atoms with Gasteiger partial charge in [-0.3, -0.25) is 4.68 Å². The Morgan fingerprint density at radius 2 is 2.05 bits per heavy atom. The maximum atomic E-state index is 5.46. The van der Waals surface area contributed by atoms with Crippen LogP contribution >= 0.6 is 0 Å². The van der Waals surface area contributed by atoms with Crippen LogP contribution in [-0.2, 0) is 7.05 Å². The van der Waals surface area contributed by atoms with Crippen LogP contribution in [0.1, 0.15) is 5.56 Å². The summed E-state index contributed by atoms with van der Waals surface area (Å²) in [6.45, 7) is 0. The molecule has 19 heavy (non-hydrogen) atoms. The molecule has 3 aromatic heterocycles. The van der Waals surface area contributed by atoms with Gasteiger partial charge in [0.2, 0.25) is 0 Å². The topological polar surface area (TPSA) is 44.4 Å². The van der Waals surface area contributed by atoms with Crippen LogP contribution in [0.25, 0.3) is 16.6 Å². The number of methoxy groups -OCH3 is 1. The molecule has 0 saturated carbocycles. The number of fused-ring (bicyclic) bond motifs is 1. The van der Waals surface area contributed by atoms with E-state index in [1.807, 2.05) is 25.5 Å². The molecule has 0 radical (unpaired) electrons. The third-order valence-corrected chi connectivity index (χ3v) is 2.99. The van der Waals surface area contributed by atoms with Crippen molar-refractivity contribution < 1.29 is 4.74 Å². The lowest BCUT2D eigenvalue weighted by Gasteiger charge is -2.06. The van der Waals surface area contributed by atoms with Crippen molar-refractivity contribution in [2.75, 3.05) is 7.11 Å². The molecule has 0 amide bonds. The van der Waals surface area contributed by atoms with Crippen LogP contribution in [0, 0.1) is 12.3 Å². The fourth-order valence-corrected chi connectivity index (χ4v) is 2.07. The van der Waals surface area contributed by atoms with E-state index >= 15 is 0 Å². The second-order valence-electron chi connectivity index (χ2n) is 4.20. The minimum atomic E-state index is 0.701. The van der Waals surface area contributed by atoms with E-state index in [2.05, 4.69) is 16.1 Å². The van der Waals surface area contributed by atoms with E-state index in [-0.39, 0.29) is 0 Å². The molecule has 5 nitrogen and oxygen atoms in total. The van der Waals surface area contributed by atoms with Gasteiger partial charge in [0, 0.05) is 30.6 Å². The molecule has 0 bridgehead atoms. The molecular formula is C14H12N4O. The van der Waals surface area contributed by atoms with Crippen molar-refractivity contribution in [3.05, 3.63) is 36.4 Å². The first kappa shape index (κ1) is 11.4. The van der Waals surface area contributed by atoms with E-state index in [1.165, 1.54) is 0 Å². The summed E-state index contributed by atoms with van der Waals surface area (Å²) in [5.41, 5.74) is 3.50. The highest BCUT2D eigenvalue weighted by atomic mass is 16.5. The Balaban J connectivity index is 2.27. The summed E-state index contributed by atoms with van der Waals surface area (Å²) in [5, 5.41) is 8.42. The summed E-state index contributed by atoms with van der Waals surface area (Å²) < 4.78 is 8.90. The van der Waals surface area contributed by atoms with Gasteiger partial charge in [-0.15, -0.1) is 6.42 Å². The summed E-state index contributed by atoms with van der Waals surface area (Å²) in [7, 11) is 3.50. The lowest BCUT2D eigenvalue weighted by atomic mass is 10.1. The zero-order chi connectivity index (χ0) is 13.4. The van der Waals surface area contributed by atoms with Crippen LogP contribution in [-0.4, -0.2) is 26.5 Å². The van der Waals surface area contributed by atoms with Gasteiger partial charge < -0.3 is 4.74 Å². The minimum Gasteiger partial charge on any atom is -0.494 e. The Labute approximate surface area is 110 Å². The van der Waals surface area contributed by atoms with Crippen molar-refractivity contribution in [2.45, 2.75) is 0 Å². The summed E-state index contributed by atoms with van der Waals surface area (Å²) in [6.07, 6.45) is 12.8. The van der Waals surface area contributed by atoms with Crippen LogP contribution in [0.15, 0.2) is 30.9 Å². The Morgan fingerprint density at radius 3 is 2.68 bits per heavy atom. The third kappa shape index (κ3) is 1.74. The molecule has 0 N–H and O–H groups in total. The molecule has 3 aromatic rings. The lowest BCUT2D eigenvalue weighted by Crippen LogP contribution is -1.94. The fourth-order valence-electron chi connectivity index (χ4n) is 2.07. The van der Waals surface area contributed by atoms with E-state index in [0.717, 1.165) is 22.2 Å². The molecule has 94 valence electrons. The minimum absolute atomic E-state index is 0.701. The predicted molar refractivity (Wildman–Crippen MR) is 71.9 cm³/mol. The number of terminal acetylenes is 1. The molecular weight excluding hydrogens is 240 g/mol. The van der Waals surface area contributed by atoms with Crippen molar-refractivity contribution >= 4 is 5.52 Å². The zero-order valence-corrected chi connectivity index (χ0v) is 10.7. The van der Waals surface area contributed by atoms with Gasteiger partial charge in [0.1, 0.15) is 11.3 Å². The van der Waals surface area contributed by atoms with Gasteiger partial charge >= 0.3 is 0 Å². The maximum Gasteiger partial charge on any atom is 0.146 e. The van der Waals surface area contributed by atoms with E-state index in [9.17, 15) is 0 Å². The molecule has 0 saturated heterocycles. The van der Waals surface area contributed by atoms with Gasteiger partial charge in [-0.1, -0.05) is 5.92 Å². The Kier molecular flexibility index (Phi) is 2.50. The summed E-state index contributed by atoms with van der Waals surface area (Å²) in [6, 6.07) is 1.94. The third-order valence-electron chi connectivity index (χ3n) is 2.99. The molecule has 3 heterocycles. The first-order valence-electron chi connectivity index (χ1n) is 5.74. The first-order valence-corrected chi connectivity index (χ1v) is 5.74.